The lowest BCUT2D eigenvalue weighted by atomic mass is 9.86. The van der Waals surface area contributed by atoms with Crippen LogP contribution in [0.25, 0.3) is 0 Å². The lowest BCUT2D eigenvalue weighted by Gasteiger charge is -2.21. The highest BCUT2D eigenvalue weighted by atomic mass is 16.2. The molecule has 0 N–H and O–H groups in total. The second-order valence-corrected chi connectivity index (χ2v) is 6.19. The molecule has 1 aromatic carbocycles. The third kappa shape index (κ3) is 2.09. The molecule has 20 heavy (non-hydrogen) atoms. The Labute approximate surface area is 119 Å². The number of hydrogen-bond donors (Lipinski definition) is 0. The van der Waals surface area contributed by atoms with Gasteiger partial charge in [-0.1, -0.05) is 39.0 Å². The van der Waals surface area contributed by atoms with E-state index in [2.05, 4.69) is 37.9 Å². The first-order chi connectivity index (χ1) is 9.47. The van der Waals surface area contributed by atoms with E-state index in [0.29, 0.717) is 12.2 Å². The second-order valence-electron chi connectivity index (χ2n) is 6.19. The average molecular weight is 266 g/mol. The van der Waals surface area contributed by atoms with E-state index in [1.807, 2.05) is 24.3 Å². The van der Waals surface area contributed by atoms with Gasteiger partial charge in [-0.15, -0.1) is 0 Å². The fourth-order valence-corrected chi connectivity index (χ4v) is 2.53. The summed E-state index contributed by atoms with van der Waals surface area (Å²) in [6, 6.07) is 11.9. The molecule has 0 aliphatic carbocycles. The summed E-state index contributed by atoms with van der Waals surface area (Å²) in [5.41, 5.74) is 3.40. The maximum atomic E-state index is 12.3. The quantitative estimate of drug-likeness (QED) is 0.790. The van der Waals surface area contributed by atoms with E-state index in [-0.39, 0.29) is 11.3 Å². The summed E-state index contributed by atoms with van der Waals surface area (Å²) in [6.07, 6.45) is 2.17. The van der Waals surface area contributed by atoms with Crippen molar-refractivity contribution >= 4 is 17.4 Å². The molecule has 3 rings (SSSR count). The lowest BCUT2D eigenvalue weighted by molar-refractivity contribution is -0.116. The molecule has 1 aliphatic heterocycles. The molecule has 1 aliphatic rings. The Kier molecular flexibility index (Phi) is 2.85. The summed E-state index contributed by atoms with van der Waals surface area (Å²) in [7, 11) is 0. The summed E-state index contributed by atoms with van der Waals surface area (Å²) >= 11 is 0. The van der Waals surface area contributed by atoms with Gasteiger partial charge in [-0.3, -0.25) is 9.69 Å². The first-order valence-electron chi connectivity index (χ1n) is 6.84. The number of amides is 1. The number of anilines is 2. The largest absolute Gasteiger partial charge is 0.274 e. The zero-order valence-electron chi connectivity index (χ0n) is 12.1. The summed E-state index contributed by atoms with van der Waals surface area (Å²) in [5, 5.41) is 0. The summed E-state index contributed by atoms with van der Waals surface area (Å²) in [4.78, 5) is 18.3. The van der Waals surface area contributed by atoms with Gasteiger partial charge in [-0.05, 0) is 34.7 Å². The van der Waals surface area contributed by atoms with Crippen molar-refractivity contribution < 1.29 is 4.79 Å². The minimum absolute atomic E-state index is 0.0877. The van der Waals surface area contributed by atoms with E-state index in [9.17, 15) is 4.79 Å². The van der Waals surface area contributed by atoms with Crippen LogP contribution >= 0.6 is 0 Å². The van der Waals surface area contributed by atoms with Gasteiger partial charge in [0.05, 0.1) is 12.1 Å². The number of nitrogens with zero attached hydrogens (tertiary/aromatic N) is 2. The van der Waals surface area contributed by atoms with Crippen LogP contribution in [0.5, 0.6) is 0 Å². The monoisotopic (exact) mass is 266 g/mol. The Balaban J connectivity index is 2.06. The van der Waals surface area contributed by atoms with Gasteiger partial charge >= 0.3 is 0 Å². The Morgan fingerprint density at radius 2 is 1.95 bits per heavy atom. The molecule has 1 aromatic heterocycles. The Hall–Kier alpha value is -2.16. The van der Waals surface area contributed by atoms with Gasteiger partial charge in [-0.25, -0.2) is 4.98 Å². The van der Waals surface area contributed by atoms with E-state index >= 15 is 0 Å². The summed E-state index contributed by atoms with van der Waals surface area (Å²) in [5.74, 6) is 0.782. The topological polar surface area (TPSA) is 33.2 Å². The van der Waals surface area contributed by atoms with Gasteiger partial charge in [0.2, 0.25) is 5.91 Å². The van der Waals surface area contributed by atoms with E-state index < -0.39 is 0 Å². The van der Waals surface area contributed by atoms with E-state index in [4.69, 9.17) is 0 Å². The molecular formula is C17H18N2O. The van der Waals surface area contributed by atoms with Gasteiger partial charge in [0.1, 0.15) is 5.82 Å². The molecule has 0 spiro atoms. The zero-order valence-corrected chi connectivity index (χ0v) is 12.1. The van der Waals surface area contributed by atoms with Crippen LogP contribution in [0, 0.1) is 0 Å². The molecule has 2 aromatic rings. The minimum atomic E-state index is 0.0877. The normalized spacial score (nSPS) is 14.6. The molecule has 3 nitrogen and oxygen atoms in total. The molecule has 102 valence electrons. The predicted octanol–water partition coefficient (Wildman–Crippen LogP) is 3.60. The molecule has 0 radical (unpaired) electrons. The van der Waals surface area contributed by atoms with Crippen LogP contribution in [-0.4, -0.2) is 10.9 Å². The first-order valence-corrected chi connectivity index (χ1v) is 6.84. The van der Waals surface area contributed by atoms with E-state index in [1.165, 1.54) is 5.56 Å². The third-order valence-corrected chi connectivity index (χ3v) is 3.66. The third-order valence-electron chi connectivity index (χ3n) is 3.66. The van der Waals surface area contributed by atoms with Gasteiger partial charge in [0.25, 0.3) is 0 Å². The van der Waals surface area contributed by atoms with Gasteiger partial charge < -0.3 is 0 Å². The van der Waals surface area contributed by atoms with Crippen molar-refractivity contribution in [2.24, 2.45) is 0 Å². The summed E-state index contributed by atoms with van der Waals surface area (Å²) < 4.78 is 0. The standard InChI is InChI=1S/C17H18N2O/c1-17(2,3)13-7-8-14-12(10-13)11-16(20)19(14)15-6-4-5-9-18-15/h4-10H,11H2,1-3H3. The highest BCUT2D eigenvalue weighted by Gasteiger charge is 2.30. The number of aromatic nitrogens is 1. The van der Waals surface area contributed by atoms with Crippen molar-refractivity contribution in [2.75, 3.05) is 4.90 Å². The number of rotatable bonds is 1. The van der Waals surface area contributed by atoms with E-state index in [0.717, 1.165) is 11.3 Å². The molecule has 2 heterocycles. The van der Waals surface area contributed by atoms with Crippen LogP contribution < -0.4 is 4.90 Å². The second kappa shape index (κ2) is 4.44. The first kappa shape index (κ1) is 12.9. The number of benzene rings is 1. The Bertz CT molecular complexity index is 656. The number of pyridine rings is 1. The number of fused-ring (bicyclic) bond motifs is 1. The van der Waals surface area contributed by atoms with Crippen LogP contribution in [0.15, 0.2) is 42.6 Å². The van der Waals surface area contributed by atoms with Crippen molar-refractivity contribution in [3.63, 3.8) is 0 Å². The zero-order chi connectivity index (χ0) is 14.3. The minimum Gasteiger partial charge on any atom is -0.274 e. The number of carbonyl (C=O) groups excluding carboxylic acids is 1. The lowest BCUT2D eigenvalue weighted by Crippen LogP contribution is -2.21. The van der Waals surface area contributed by atoms with Crippen molar-refractivity contribution in [3.05, 3.63) is 53.7 Å². The van der Waals surface area contributed by atoms with Gasteiger partial charge in [-0.2, -0.15) is 0 Å². The maximum Gasteiger partial charge on any atom is 0.237 e. The molecule has 0 unspecified atom stereocenters. The summed E-state index contributed by atoms with van der Waals surface area (Å²) in [6.45, 7) is 6.55. The predicted molar refractivity (Wildman–Crippen MR) is 80.2 cm³/mol. The van der Waals surface area contributed by atoms with Crippen molar-refractivity contribution in [1.29, 1.82) is 0 Å². The van der Waals surface area contributed by atoms with Crippen LogP contribution in [0.2, 0.25) is 0 Å². The molecule has 0 atom stereocenters. The smallest absolute Gasteiger partial charge is 0.237 e. The molecule has 0 saturated carbocycles. The number of hydrogen-bond acceptors (Lipinski definition) is 2. The van der Waals surface area contributed by atoms with E-state index in [1.54, 1.807) is 11.1 Å². The van der Waals surface area contributed by atoms with Crippen LogP contribution in [0.3, 0.4) is 0 Å². The SMILES string of the molecule is CC(C)(C)c1ccc2c(c1)CC(=O)N2c1ccccn1. The van der Waals surface area contributed by atoms with Crippen LogP contribution in [0.4, 0.5) is 11.5 Å². The Morgan fingerprint density at radius 3 is 2.60 bits per heavy atom. The highest BCUT2D eigenvalue weighted by molar-refractivity contribution is 6.06. The van der Waals surface area contributed by atoms with Crippen LogP contribution in [-0.2, 0) is 16.6 Å². The average Bonchev–Trinajstić information content (AvgIpc) is 2.73. The van der Waals surface area contributed by atoms with Crippen molar-refractivity contribution in [3.8, 4) is 0 Å². The number of carbonyl (C=O) groups is 1. The molecule has 0 saturated heterocycles. The molecule has 0 fully saturated rings. The highest BCUT2D eigenvalue weighted by Crippen LogP contribution is 2.36. The fourth-order valence-electron chi connectivity index (χ4n) is 2.53. The maximum absolute atomic E-state index is 12.3. The van der Waals surface area contributed by atoms with Crippen molar-refractivity contribution in [2.45, 2.75) is 32.6 Å². The van der Waals surface area contributed by atoms with Crippen LogP contribution in [0.1, 0.15) is 31.9 Å². The molecular weight excluding hydrogens is 248 g/mol. The van der Waals surface area contributed by atoms with Gasteiger partial charge in [0.15, 0.2) is 0 Å². The molecule has 3 heteroatoms. The molecule has 1 amide bonds. The Morgan fingerprint density at radius 1 is 1.15 bits per heavy atom. The fraction of sp³-hybridized carbons (Fsp3) is 0.294. The van der Waals surface area contributed by atoms with Gasteiger partial charge in [0, 0.05) is 6.20 Å². The molecule has 0 bridgehead atoms. The van der Waals surface area contributed by atoms with Crippen molar-refractivity contribution in [1.82, 2.24) is 4.98 Å².